The number of rotatable bonds is 2. The molecule has 1 saturated heterocycles. The molecule has 0 saturated carbocycles. The van der Waals surface area contributed by atoms with Crippen LogP contribution in [0.1, 0.15) is 23.3 Å². The smallest absolute Gasteiger partial charge is 0.273 e. The lowest BCUT2D eigenvalue weighted by molar-refractivity contribution is 0.0922. The second kappa shape index (κ2) is 4.94. The lowest BCUT2D eigenvalue weighted by Crippen LogP contribution is -2.45. The molecule has 1 fully saturated rings. The molecule has 1 amide bonds. The monoisotopic (exact) mass is 221 g/mol. The van der Waals surface area contributed by atoms with Crippen molar-refractivity contribution in [1.29, 1.82) is 0 Å². The lowest BCUT2D eigenvalue weighted by atomic mass is 10.1. The molecule has 0 spiro atoms. The minimum absolute atomic E-state index is 0.0798. The van der Waals surface area contributed by atoms with Gasteiger partial charge in [-0.2, -0.15) is 0 Å². The molecule has 2 rings (SSSR count). The highest BCUT2D eigenvalue weighted by molar-refractivity contribution is 5.94. The molecule has 1 aromatic rings. The van der Waals surface area contributed by atoms with Gasteiger partial charge in [0.15, 0.2) is 5.69 Å². The first-order chi connectivity index (χ1) is 7.77. The molecule has 2 heterocycles. The third-order valence-corrected chi connectivity index (χ3v) is 2.63. The summed E-state index contributed by atoms with van der Waals surface area (Å²) in [6.45, 7) is 1.78. The van der Waals surface area contributed by atoms with Gasteiger partial charge in [0.2, 0.25) is 0 Å². The van der Waals surface area contributed by atoms with Gasteiger partial charge in [-0.3, -0.25) is 4.79 Å². The number of aromatic hydroxyl groups is 1. The summed E-state index contributed by atoms with van der Waals surface area (Å²) in [5.41, 5.74) is 0.0908. The molecule has 1 aliphatic heterocycles. The number of carbonyl (C=O) groups is 1. The zero-order valence-corrected chi connectivity index (χ0v) is 8.94. The topological polar surface area (TPSA) is 74.2 Å². The van der Waals surface area contributed by atoms with Gasteiger partial charge in [-0.05, 0) is 31.5 Å². The largest absolute Gasteiger partial charge is 0.505 e. The van der Waals surface area contributed by atoms with Crippen LogP contribution in [0.2, 0.25) is 0 Å². The normalized spacial score (nSPS) is 20.4. The van der Waals surface area contributed by atoms with Gasteiger partial charge >= 0.3 is 0 Å². The van der Waals surface area contributed by atoms with Gasteiger partial charge in [0.05, 0.1) is 0 Å². The van der Waals surface area contributed by atoms with E-state index in [1.165, 1.54) is 12.3 Å². The van der Waals surface area contributed by atoms with Crippen molar-refractivity contribution in [1.82, 2.24) is 15.6 Å². The predicted molar refractivity (Wildman–Crippen MR) is 59.3 cm³/mol. The van der Waals surface area contributed by atoms with E-state index >= 15 is 0 Å². The van der Waals surface area contributed by atoms with Crippen LogP contribution in [-0.2, 0) is 0 Å². The molecular formula is C11H15N3O2. The standard InChI is InChI=1S/C11H15N3O2/c15-9-4-2-6-13-10(9)11(16)14-8-3-1-5-12-7-8/h2,4,6,8,12,15H,1,3,5,7H2,(H,14,16). The maximum atomic E-state index is 11.8. The predicted octanol–water partition coefficient (Wildman–Crippen LogP) is 0.269. The summed E-state index contributed by atoms with van der Waals surface area (Å²) in [5.74, 6) is -0.393. The number of nitrogens with one attached hydrogen (secondary N) is 2. The average Bonchev–Trinajstić information content (AvgIpc) is 2.31. The van der Waals surface area contributed by atoms with Gasteiger partial charge in [-0.15, -0.1) is 0 Å². The number of hydrogen-bond acceptors (Lipinski definition) is 4. The fraction of sp³-hybridized carbons (Fsp3) is 0.455. The van der Waals surface area contributed by atoms with E-state index in [4.69, 9.17) is 0 Å². The van der Waals surface area contributed by atoms with Crippen LogP contribution < -0.4 is 10.6 Å². The third kappa shape index (κ3) is 2.49. The van der Waals surface area contributed by atoms with Crippen molar-refractivity contribution >= 4 is 5.91 Å². The number of aromatic nitrogens is 1. The molecule has 3 N–H and O–H groups in total. The molecule has 1 atom stereocenters. The van der Waals surface area contributed by atoms with Crippen LogP contribution in [0, 0.1) is 0 Å². The number of nitrogens with zero attached hydrogens (tertiary/aromatic N) is 1. The molecule has 1 aliphatic rings. The van der Waals surface area contributed by atoms with Crippen molar-refractivity contribution < 1.29 is 9.90 Å². The molecule has 0 radical (unpaired) electrons. The summed E-state index contributed by atoms with van der Waals surface area (Å²) in [5, 5.41) is 15.5. The van der Waals surface area contributed by atoms with Crippen molar-refractivity contribution in [2.75, 3.05) is 13.1 Å². The Balaban J connectivity index is 2.00. The Kier molecular flexibility index (Phi) is 3.36. The summed E-state index contributed by atoms with van der Waals surface area (Å²) in [6.07, 6.45) is 3.51. The molecule has 0 bridgehead atoms. The second-order valence-electron chi connectivity index (χ2n) is 3.89. The van der Waals surface area contributed by atoms with Crippen molar-refractivity contribution in [3.63, 3.8) is 0 Å². The minimum Gasteiger partial charge on any atom is -0.505 e. The zero-order chi connectivity index (χ0) is 11.4. The van der Waals surface area contributed by atoms with Crippen LogP contribution in [0.5, 0.6) is 5.75 Å². The zero-order valence-electron chi connectivity index (χ0n) is 8.94. The van der Waals surface area contributed by atoms with E-state index in [2.05, 4.69) is 15.6 Å². The first-order valence-corrected chi connectivity index (χ1v) is 5.43. The van der Waals surface area contributed by atoms with Crippen LogP contribution >= 0.6 is 0 Å². The van der Waals surface area contributed by atoms with Gasteiger partial charge in [-0.1, -0.05) is 0 Å². The Morgan fingerprint density at radius 2 is 2.50 bits per heavy atom. The van der Waals surface area contributed by atoms with E-state index in [-0.39, 0.29) is 23.4 Å². The molecule has 5 heteroatoms. The van der Waals surface area contributed by atoms with Crippen LogP contribution in [0.3, 0.4) is 0 Å². The van der Waals surface area contributed by atoms with E-state index in [1.54, 1.807) is 6.07 Å². The average molecular weight is 221 g/mol. The molecule has 1 unspecified atom stereocenters. The van der Waals surface area contributed by atoms with E-state index < -0.39 is 0 Å². The first kappa shape index (κ1) is 10.9. The van der Waals surface area contributed by atoms with Gasteiger partial charge in [-0.25, -0.2) is 4.98 Å². The fourth-order valence-electron chi connectivity index (χ4n) is 1.80. The molecule has 0 aliphatic carbocycles. The molecule has 16 heavy (non-hydrogen) atoms. The number of piperidine rings is 1. The van der Waals surface area contributed by atoms with Gasteiger partial charge in [0.25, 0.3) is 5.91 Å². The third-order valence-electron chi connectivity index (χ3n) is 2.63. The van der Waals surface area contributed by atoms with Crippen molar-refractivity contribution in [3.05, 3.63) is 24.0 Å². The summed E-state index contributed by atoms with van der Waals surface area (Å²) in [6, 6.07) is 3.18. The molecule has 1 aromatic heterocycles. The fourth-order valence-corrected chi connectivity index (χ4v) is 1.80. The minimum atomic E-state index is -0.313. The van der Waals surface area contributed by atoms with Gasteiger partial charge in [0.1, 0.15) is 5.75 Å². The van der Waals surface area contributed by atoms with Crippen LogP contribution in [0.15, 0.2) is 18.3 Å². The molecular weight excluding hydrogens is 206 g/mol. The van der Waals surface area contributed by atoms with Gasteiger partial charge < -0.3 is 15.7 Å². The maximum Gasteiger partial charge on any atom is 0.273 e. The number of pyridine rings is 1. The SMILES string of the molecule is O=C(NC1CCCNC1)c1ncccc1O. The number of carbonyl (C=O) groups excluding carboxylic acids is 1. The second-order valence-corrected chi connectivity index (χ2v) is 3.89. The molecule has 86 valence electrons. The van der Waals surface area contributed by atoms with Crippen molar-refractivity contribution in [2.24, 2.45) is 0 Å². The number of amides is 1. The van der Waals surface area contributed by atoms with Gasteiger partial charge in [0, 0.05) is 18.8 Å². The lowest BCUT2D eigenvalue weighted by Gasteiger charge is -2.23. The quantitative estimate of drug-likeness (QED) is 0.670. The maximum absolute atomic E-state index is 11.8. The first-order valence-electron chi connectivity index (χ1n) is 5.43. The van der Waals surface area contributed by atoms with Crippen LogP contribution in [0.25, 0.3) is 0 Å². The van der Waals surface area contributed by atoms with Crippen LogP contribution in [0.4, 0.5) is 0 Å². The van der Waals surface area contributed by atoms with Crippen LogP contribution in [-0.4, -0.2) is 35.1 Å². The molecule has 0 aromatic carbocycles. The van der Waals surface area contributed by atoms with E-state index in [0.717, 1.165) is 25.9 Å². The summed E-state index contributed by atoms with van der Waals surface area (Å²) >= 11 is 0. The Bertz CT molecular complexity index is 375. The Hall–Kier alpha value is -1.62. The van der Waals surface area contributed by atoms with E-state index in [9.17, 15) is 9.90 Å². The highest BCUT2D eigenvalue weighted by Gasteiger charge is 2.18. The Morgan fingerprint density at radius 3 is 3.19 bits per heavy atom. The summed E-state index contributed by atoms with van der Waals surface area (Å²) < 4.78 is 0. The number of hydrogen-bond donors (Lipinski definition) is 3. The summed E-state index contributed by atoms with van der Waals surface area (Å²) in [7, 11) is 0. The Morgan fingerprint density at radius 1 is 1.62 bits per heavy atom. The van der Waals surface area contributed by atoms with E-state index in [1.807, 2.05) is 0 Å². The summed E-state index contributed by atoms with van der Waals surface area (Å²) in [4.78, 5) is 15.6. The molecule has 5 nitrogen and oxygen atoms in total. The Labute approximate surface area is 93.9 Å². The van der Waals surface area contributed by atoms with Crippen molar-refractivity contribution in [3.8, 4) is 5.75 Å². The highest BCUT2D eigenvalue weighted by atomic mass is 16.3. The highest BCUT2D eigenvalue weighted by Crippen LogP contribution is 2.13. The van der Waals surface area contributed by atoms with Crippen molar-refractivity contribution in [2.45, 2.75) is 18.9 Å². The van der Waals surface area contributed by atoms with E-state index in [0.29, 0.717) is 0 Å².